The largest absolute Gasteiger partial charge is 0.103 e. The Morgan fingerprint density at radius 3 is 1.80 bits per heavy atom. The van der Waals surface area contributed by atoms with Gasteiger partial charge >= 0.3 is 0 Å². The molecule has 0 aromatic carbocycles. The highest BCUT2D eigenvalue weighted by molar-refractivity contribution is 4.98. The molecule has 0 aromatic rings. The third-order valence-electron chi connectivity index (χ3n) is 2.58. The monoisotopic (exact) mass is 207 g/mol. The predicted octanol–water partition coefficient (Wildman–Crippen LogP) is 5.13. The molecule has 0 heteroatoms. The average Bonchev–Trinajstić information content (AvgIpc) is 2.26. The molecule has 0 nitrogen and oxygen atoms in total. The lowest BCUT2D eigenvalue weighted by Crippen LogP contribution is -1.77. The second kappa shape index (κ2) is 13.6. The van der Waals surface area contributed by atoms with Gasteiger partial charge in [-0.3, -0.25) is 0 Å². The fourth-order valence-electron chi connectivity index (χ4n) is 1.56. The van der Waals surface area contributed by atoms with Crippen molar-refractivity contribution in [2.75, 3.05) is 0 Å². The van der Waals surface area contributed by atoms with Gasteiger partial charge in [0, 0.05) is 12.8 Å². The van der Waals surface area contributed by atoms with Crippen molar-refractivity contribution in [3.05, 3.63) is 6.92 Å². The molecule has 0 aliphatic carbocycles. The molecule has 0 spiro atoms. The Labute approximate surface area is 96.8 Å². The van der Waals surface area contributed by atoms with Crippen molar-refractivity contribution in [2.45, 2.75) is 77.6 Å². The smallest absolute Gasteiger partial charge is 0.00886 e. The molecule has 1 radical (unpaired) electrons. The molecule has 15 heavy (non-hydrogen) atoms. The summed E-state index contributed by atoms with van der Waals surface area (Å²) in [5.74, 6) is 6.54. The summed E-state index contributed by atoms with van der Waals surface area (Å²) in [5, 5.41) is 0. The van der Waals surface area contributed by atoms with Gasteiger partial charge in [0.25, 0.3) is 0 Å². The molecule has 0 fully saturated rings. The fourth-order valence-corrected chi connectivity index (χ4v) is 1.56. The summed E-state index contributed by atoms with van der Waals surface area (Å²) >= 11 is 0. The quantitative estimate of drug-likeness (QED) is 0.363. The van der Waals surface area contributed by atoms with Gasteiger partial charge in [0.1, 0.15) is 0 Å². The standard InChI is InChI=1S/C15H27/c1-3-5-7-9-11-13-15-14-12-10-8-6-4-2/h1,3-12,14H2,2H3. The topological polar surface area (TPSA) is 0 Å². The van der Waals surface area contributed by atoms with Crippen molar-refractivity contribution in [3.8, 4) is 11.8 Å². The Bertz CT molecular complexity index is 159. The second-order valence-corrected chi connectivity index (χ2v) is 4.18. The van der Waals surface area contributed by atoms with Crippen molar-refractivity contribution >= 4 is 0 Å². The first-order chi connectivity index (χ1) is 7.41. The van der Waals surface area contributed by atoms with Crippen molar-refractivity contribution in [3.63, 3.8) is 0 Å². The maximum Gasteiger partial charge on any atom is 0.00886 e. The van der Waals surface area contributed by atoms with E-state index in [4.69, 9.17) is 0 Å². The van der Waals surface area contributed by atoms with Gasteiger partial charge in [-0.05, 0) is 12.8 Å². The van der Waals surface area contributed by atoms with Crippen LogP contribution in [0.4, 0.5) is 0 Å². The molecule has 0 saturated carbocycles. The molecule has 0 N–H and O–H groups in total. The minimum absolute atomic E-state index is 1.07. The molecule has 0 rings (SSSR count). The zero-order valence-corrected chi connectivity index (χ0v) is 10.5. The van der Waals surface area contributed by atoms with Gasteiger partial charge in [0.15, 0.2) is 0 Å². The van der Waals surface area contributed by atoms with Crippen LogP contribution in [0.5, 0.6) is 0 Å². The number of hydrogen-bond acceptors (Lipinski definition) is 0. The van der Waals surface area contributed by atoms with Gasteiger partial charge in [-0.25, -0.2) is 0 Å². The van der Waals surface area contributed by atoms with Crippen LogP contribution in [0.1, 0.15) is 77.6 Å². The highest BCUT2D eigenvalue weighted by Crippen LogP contribution is 2.04. The van der Waals surface area contributed by atoms with Gasteiger partial charge in [-0.1, -0.05) is 58.8 Å². The summed E-state index contributed by atoms with van der Waals surface area (Å²) in [5.41, 5.74) is 0. The van der Waals surface area contributed by atoms with Crippen molar-refractivity contribution in [1.29, 1.82) is 0 Å². The van der Waals surface area contributed by atoms with Crippen LogP contribution >= 0.6 is 0 Å². The van der Waals surface area contributed by atoms with E-state index in [1.54, 1.807) is 0 Å². The second-order valence-electron chi connectivity index (χ2n) is 4.18. The molecule has 0 amide bonds. The van der Waals surface area contributed by atoms with Gasteiger partial charge in [-0.15, -0.1) is 11.8 Å². The lowest BCUT2D eigenvalue weighted by Gasteiger charge is -1.94. The number of rotatable bonds is 9. The first-order valence-corrected chi connectivity index (χ1v) is 6.66. The zero-order valence-electron chi connectivity index (χ0n) is 10.5. The molecular weight excluding hydrogens is 180 g/mol. The van der Waals surface area contributed by atoms with Gasteiger partial charge in [0.2, 0.25) is 0 Å². The van der Waals surface area contributed by atoms with Crippen LogP contribution in [0.2, 0.25) is 0 Å². The van der Waals surface area contributed by atoms with Crippen LogP contribution in [0.25, 0.3) is 0 Å². The highest BCUT2D eigenvalue weighted by atomic mass is 13.9. The van der Waals surface area contributed by atoms with E-state index in [1.165, 1.54) is 51.4 Å². The van der Waals surface area contributed by atoms with E-state index >= 15 is 0 Å². The van der Waals surface area contributed by atoms with Gasteiger partial charge in [-0.2, -0.15) is 0 Å². The lowest BCUT2D eigenvalue weighted by molar-refractivity contribution is 0.640. The Morgan fingerprint density at radius 1 is 0.733 bits per heavy atom. The van der Waals surface area contributed by atoms with E-state index in [0.29, 0.717) is 0 Å². The summed E-state index contributed by atoms with van der Waals surface area (Å²) in [7, 11) is 0. The van der Waals surface area contributed by atoms with Crippen LogP contribution in [0.15, 0.2) is 0 Å². The molecule has 0 atom stereocenters. The maximum absolute atomic E-state index is 3.83. The molecule has 0 aromatic heterocycles. The van der Waals surface area contributed by atoms with Crippen LogP contribution in [-0.4, -0.2) is 0 Å². The van der Waals surface area contributed by atoms with Crippen LogP contribution in [0, 0.1) is 18.8 Å². The Balaban J connectivity index is 3.03. The number of unbranched alkanes of at least 4 members (excludes halogenated alkanes) is 9. The highest BCUT2D eigenvalue weighted by Gasteiger charge is 1.86. The molecule has 0 unspecified atom stereocenters. The van der Waals surface area contributed by atoms with Gasteiger partial charge < -0.3 is 0 Å². The minimum Gasteiger partial charge on any atom is -0.103 e. The van der Waals surface area contributed by atoms with Crippen molar-refractivity contribution in [2.24, 2.45) is 0 Å². The number of hydrogen-bond donors (Lipinski definition) is 0. The molecule has 0 aliphatic rings. The van der Waals surface area contributed by atoms with E-state index in [2.05, 4.69) is 25.7 Å². The van der Waals surface area contributed by atoms with Crippen LogP contribution in [-0.2, 0) is 0 Å². The maximum atomic E-state index is 3.83. The van der Waals surface area contributed by atoms with E-state index in [0.717, 1.165) is 19.3 Å². The summed E-state index contributed by atoms with van der Waals surface area (Å²) < 4.78 is 0. The fraction of sp³-hybridized carbons (Fsp3) is 0.800. The predicted molar refractivity (Wildman–Crippen MR) is 69.6 cm³/mol. The molecule has 0 bridgehead atoms. The first-order valence-electron chi connectivity index (χ1n) is 6.66. The molecule has 87 valence electrons. The average molecular weight is 207 g/mol. The molecule has 0 aliphatic heterocycles. The zero-order chi connectivity index (χ0) is 11.2. The van der Waals surface area contributed by atoms with Crippen LogP contribution < -0.4 is 0 Å². The minimum atomic E-state index is 1.07. The van der Waals surface area contributed by atoms with Gasteiger partial charge in [0.05, 0.1) is 0 Å². The molecular formula is C15H27. The van der Waals surface area contributed by atoms with Crippen LogP contribution in [0.3, 0.4) is 0 Å². The van der Waals surface area contributed by atoms with E-state index < -0.39 is 0 Å². The summed E-state index contributed by atoms with van der Waals surface area (Å²) in [4.78, 5) is 0. The lowest BCUT2D eigenvalue weighted by atomic mass is 10.1. The summed E-state index contributed by atoms with van der Waals surface area (Å²) in [6.45, 7) is 6.09. The summed E-state index contributed by atoms with van der Waals surface area (Å²) in [6.07, 6.45) is 13.9. The first kappa shape index (κ1) is 14.6. The molecule has 0 heterocycles. The SMILES string of the molecule is [CH2]CCCCCC#CCCCCCCC. The van der Waals surface area contributed by atoms with E-state index in [1.807, 2.05) is 0 Å². The van der Waals surface area contributed by atoms with E-state index in [-0.39, 0.29) is 0 Å². The Morgan fingerprint density at radius 2 is 1.27 bits per heavy atom. The molecule has 0 saturated heterocycles. The normalized spacial score (nSPS) is 9.73. The van der Waals surface area contributed by atoms with Crippen molar-refractivity contribution < 1.29 is 0 Å². The third-order valence-corrected chi connectivity index (χ3v) is 2.58. The Kier molecular flexibility index (Phi) is 13.2. The van der Waals surface area contributed by atoms with Crippen molar-refractivity contribution in [1.82, 2.24) is 0 Å². The third kappa shape index (κ3) is 13.6. The summed E-state index contributed by atoms with van der Waals surface area (Å²) in [6, 6.07) is 0. The Hall–Kier alpha value is -0.440. The van der Waals surface area contributed by atoms with E-state index in [9.17, 15) is 0 Å².